The molecular weight excluding hydrogens is 321 g/mol. The third-order valence-corrected chi connectivity index (χ3v) is 6.27. The van der Waals surface area contributed by atoms with Gasteiger partial charge < -0.3 is 15.2 Å². The highest BCUT2D eigenvalue weighted by Gasteiger charge is 2.54. The van der Waals surface area contributed by atoms with E-state index in [0.717, 1.165) is 37.0 Å². The number of carbonyl (C=O) groups is 1. The van der Waals surface area contributed by atoms with Crippen molar-refractivity contribution >= 4 is 5.91 Å². The number of hydrogen-bond donors (Lipinski definition) is 2. The molecule has 1 atom stereocenters. The van der Waals surface area contributed by atoms with Crippen LogP contribution in [0.1, 0.15) is 38.5 Å². The number of nitrogens with one attached hydrogen (secondary N) is 1. The molecule has 4 saturated carbocycles. The van der Waals surface area contributed by atoms with Crippen LogP contribution in [0.25, 0.3) is 0 Å². The maximum atomic E-state index is 12.9. The van der Waals surface area contributed by atoms with Crippen molar-refractivity contribution in [1.82, 2.24) is 5.32 Å². The summed E-state index contributed by atoms with van der Waals surface area (Å²) in [4.78, 5) is 12.8. The van der Waals surface area contributed by atoms with E-state index in [4.69, 9.17) is 4.74 Å². The molecule has 0 aromatic heterocycles. The SMILES string of the molecule is O=C(NCC(O)COc1ccc(F)cc1)C12CC3CC(CC(C3)C1)C2. The number of rotatable bonds is 6. The Hall–Kier alpha value is -1.62. The summed E-state index contributed by atoms with van der Waals surface area (Å²) < 4.78 is 18.3. The number of aliphatic hydroxyl groups excluding tert-OH is 1. The van der Waals surface area contributed by atoms with Crippen LogP contribution >= 0.6 is 0 Å². The molecule has 5 heteroatoms. The van der Waals surface area contributed by atoms with E-state index in [1.807, 2.05) is 0 Å². The highest BCUT2D eigenvalue weighted by molar-refractivity contribution is 5.83. The van der Waals surface area contributed by atoms with Gasteiger partial charge >= 0.3 is 0 Å². The zero-order valence-corrected chi connectivity index (χ0v) is 14.4. The molecule has 1 amide bonds. The van der Waals surface area contributed by atoms with Crippen LogP contribution in [0, 0.1) is 29.0 Å². The summed E-state index contributed by atoms with van der Waals surface area (Å²) in [6, 6.07) is 5.68. The fraction of sp³-hybridized carbons (Fsp3) is 0.650. The molecule has 1 unspecified atom stereocenters. The van der Waals surface area contributed by atoms with Gasteiger partial charge in [-0.1, -0.05) is 0 Å². The monoisotopic (exact) mass is 347 g/mol. The zero-order valence-electron chi connectivity index (χ0n) is 14.4. The smallest absolute Gasteiger partial charge is 0.226 e. The molecule has 0 saturated heterocycles. The molecule has 0 radical (unpaired) electrons. The first-order valence-electron chi connectivity index (χ1n) is 9.37. The predicted molar refractivity (Wildman–Crippen MR) is 91.5 cm³/mol. The highest BCUT2D eigenvalue weighted by Crippen LogP contribution is 2.60. The lowest BCUT2D eigenvalue weighted by Crippen LogP contribution is -2.54. The van der Waals surface area contributed by atoms with Crippen molar-refractivity contribution in [3.63, 3.8) is 0 Å². The fourth-order valence-electron chi connectivity index (χ4n) is 5.57. The van der Waals surface area contributed by atoms with Crippen LogP contribution in [-0.4, -0.2) is 30.3 Å². The zero-order chi connectivity index (χ0) is 17.4. The number of hydrogen-bond acceptors (Lipinski definition) is 3. The van der Waals surface area contributed by atoms with Crippen molar-refractivity contribution in [2.45, 2.75) is 44.6 Å². The van der Waals surface area contributed by atoms with Gasteiger partial charge in [-0.05, 0) is 80.5 Å². The van der Waals surface area contributed by atoms with Crippen LogP contribution < -0.4 is 10.1 Å². The Kier molecular flexibility index (Phi) is 4.44. The molecule has 4 nitrogen and oxygen atoms in total. The summed E-state index contributed by atoms with van der Waals surface area (Å²) >= 11 is 0. The Labute approximate surface area is 147 Å². The Morgan fingerprint density at radius 1 is 1.16 bits per heavy atom. The van der Waals surface area contributed by atoms with E-state index in [1.165, 1.54) is 43.5 Å². The van der Waals surface area contributed by atoms with E-state index >= 15 is 0 Å². The normalized spacial score (nSPS) is 33.9. The Bertz CT molecular complexity index is 595. The standard InChI is InChI=1S/C20H26FNO3/c21-16-1-3-18(4-2-16)25-12-17(23)11-22-19(24)20-8-13-5-14(9-20)7-15(6-13)10-20/h1-4,13-15,17,23H,5-12H2,(H,22,24). The van der Waals surface area contributed by atoms with E-state index in [2.05, 4.69) is 5.32 Å². The summed E-state index contributed by atoms with van der Waals surface area (Å²) in [6.07, 6.45) is 6.21. The van der Waals surface area contributed by atoms with Crippen molar-refractivity contribution in [3.05, 3.63) is 30.1 Å². The molecule has 2 N–H and O–H groups in total. The van der Waals surface area contributed by atoms with Crippen molar-refractivity contribution in [2.24, 2.45) is 23.2 Å². The molecule has 0 aliphatic heterocycles. The Morgan fingerprint density at radius 2 is 1.72 bits per heavy atom. The topological polar surface area (TPSA) is 58.6 Å². The maximum absolute atomic E-state index is 12.9. The van der Waals surface area contributed by atoms with Crippen LogP contribution in [0.15, 0.2) is 24.3 Å². The van der Waals surface area contributed by atoms with Crippen LogP contribution in [0.3, 0.4) is 0 Å². The largest absolute Gasteiger partial charge is 0.491 e. The second kappa shape index (κ2) is 6.60. The third kappa shape index (κ3) is 3.52. The molecular formula is C20H26FNO3. The quantitative estimate of drug-likeness (QED) is 0.832. The van der Waals surface area contributed by atoms with E-state index in [1.54, 1.807) is 0 Å². The van der Waals surface area contributed by atoms with Crippen LogP contribution in [0.2, 0.25) is 0 Å². The number of carbonyl (C=O) groups excluding carboxylic acids is 1. The maximum Gasteiger partial charge on any atom is 0.226 e. The Balaban J connectivity index is 1.26. The second-order valence-corrected chi connectivity index (χ2v) is 8.33. The summed E-state index contributed by atoms with van der Waals surface area (Å²) in [5, 5.41) is 13.0. The van der Waals surface area contributed by atoms with Gasteiger partial charge in [-0.15, -0.1) is 0 Å². The van der Waals surface area contributed by atoms with Crippen LogP contribution in [0.5, 0.6) is 5.75 Å². The minimum atomic E-state index is -0.775. The van der Waals surface area contributed by atoms with E-state index in [9.17, 15) is 14.3 Å². The second-order valence-electron chi connectivity index (χ2n) is 8.33. The average Bonchev–Trinajstić information content (AvgIpc) is 2.58. The van der Waals surface area contributed by atoms with Gasteiger partial charge in [0.25, 0.3) is 0 Å². The molecule has 4 fully saturated rings. The van der Waals surface area contributed by atoms with Gasteiger partial charge in [0.2, 0.25) is 5.91 Å². The van der Waals surface area contributed by atoms with Gasteiger partial charge in [0, 0.05) is 12.0 Å². The predicted octanol–water partition coefficient (Wildman–Crippen LogP) is 2.90. The summed E-state index contributed by atoms with van der Waals surface area (Å²) in [5.74, 6) is 2.48. The third-order valence-electron chi connectivity index (χ3n) is 6.27. The van der Waals surface area contributed by atoms with Crippen molar-refractivity contribution in [1.29, 1.82) is 0 Å². The molecule has 136 valence electrons. The lowest BCUT2D eigenvalue weighted by Gasteiger charge is -2.55. The van der Waals surface area contributed by atoms with Gasteiger partial charge in [-0.25, -0.2) is 4.39 Å². The molecule has 4 aliphatic rings. The van der Waals surface area contributed by atoms with E-state index in [-0.39, 0.29) is 30.3 Å². The number of halogens is 1. The van der Waals surface area contributed by atoms with Crippen LogP contribution in [-0.2, 0) is 4.79 Å². The minimum Gasteiger partial charge on any atom is -0.491 e. The van der Waals surface area contributed by atoms with E-state index in [0.29, 0.717) is 5.75 Å². The molecule has 0 heterocycles. The summed E-state index contributed by atoms with van der Waals surface area (Å²) in [5.41, 5.74) is -0.188. The lowest BCUT2D eigenvalue weighted by molar-refractivity contribution is -0.146. The van der Waals surface area contributed by atoms with Crippen molar-refractivity contribution in [2.75, 3.05) is 13.2 Å². The molecule has 5 rings (SSSR count). The number of ether oxygens (including phenoxy) is 1. The summed E-state index contributed by atoms with van der Waals surface area (Å²) in [7, 11) is 0. The average molecular weight is 347 g/mol. The summed E-state index contributed by atoms with van der Waals surface area (Å²) in [6.45, 7) is 0.272. The number of benzene rings is 1. The highest BCUT2D eigenvalue weighted by atomic mass is 19.1. The van der Waals surface area contributed by atoms with Gasteiger partial charge in [0.05, 0.1) is 0 Å². The van der Waals surface area contributed by atoms with Gasteiger partial charge in [0.1, 0.15) is 24.3 Å². The molecule has 4 bridgehead atoms. The first-order valence-corrected chi connectivity index (χ1v) is 9.37. The van der Waals surface area contributed by atoms with Gasteiger partial charge in [-0.2, -0.15) is 0 Å². The molecule has 4 aliphatic carbocycles. The van der Waals surface area contributed by atoms with Crippen molar-refractivity contribution in [3.8, 4) is 5.75 Å². The van der Waals surface area contributed by atoms with Crippen LogP contribution in [0.4, 0.5) is 4.39 Å². The van der Waals surface area contributed by atoms with Gasteiger partial charge in [0.15, 0.2) is 0 Å². The molecule has 25 heavy (non-hydrogen) atoms. The number of aliphatic hydroxyl groups is 1. The lowest BCUT2D eigenvalue weighted by atomic mass is 9.49. The number of amides is 1. The molecule has 1 aromatic rings. The van der Waals surface area contributed by atoms with E-state index < -0.39 is 6.10 Å². The minimum absolute atomic E-state index is 0.0762. The molecule has 0 spiro atoms. The first kappa shape index (κ1) is 16.8. The van der Waals surface area contributed by atoms with Gasteiger partial charge in [-0.3, -0.25) is 4.79 Å². The molecule has 1 aromatic carbocycles. The fourth-order valence-corrected chi connectivity index (χ4v) is 5.57. The first-order chi connectivity index (χ1) is 12.0. The Morgan fingerprint density at radius 3 is 2.28 bits per heavy atom. The van der Waals surface area contributed by atoms with Crippen molar-refractivity contribution < 1.29 is 19.0 Å².